The summed E-state index contributed by atoms with van der Waals surface area (Å²) in [6.45, 7) is 8.19. The number of nitrogens with one attached hydrogen (secondary N) is 1. The summed E-state index contributed by atoms with van der Waals surface area (Å²) >= 11 is 1.62. The molecule has 0 aromatic carbocycles. The van der Waals surface area contributed by atoms with Gasteiger partial charge in [0.2, 0.25) is 11.8 Å². The van der Waals surface area contributed by atoms with E-state index in [1.165, 1.54) is 4.90 Å². The maximum Gasteiger partial charge on any atom is 0.311 e. The van der Waals surface area contributed by atoms with E-state index in [-0.39, 0.29) is 31.0 Å². The van der Waals surface area contributed by atoms with Gasteiger partial charge in [-0.1, -0.05) is 13.3 Å². The first-order valence-corrected chi connectivity index (χ1v) is 11.2. The zero-order chi connectivity index (χ0) is 20.7. The number of aliphatic hydroxyl groups excluding tert-OH is 1. The van der Waals surface area contributed by atoms with Gasteiger partial charge >= 0.3 is 5.97 Å². The maximum absolute atomic E-state index is 13.5. The Hall–Kier alpha value is -1.28. The summed E-state index contributed by atoms with van der Waals surface area (Å²) in [4.78, 5) is 41.0. The van der Waals surface area contributed by atoms with E-state index in [1.54, 1.807) is 25.6 Å². The van der Waals surface area contributed by atoms with Crippen LogP contribution in [0.2, 0.25) is 0 Å². The smallest absolute Gasteiger partial charge is 0.311 e. The van der Waals surface area contributed by atoms with Crippen LogP contribution in [0.15, 0.2) is 0 Å². The van der Waals surface area contributed by atoms with E-state index < -0.39 is 33.4 Å². The van der Waals surface area contributed by atoms with E-state index in [1.807, 2.05) is 6.92 Å². The molecular weight excluding hydrogens is 380 g/mol. The van der Waals surface area contributed by atoms with Gasteiger partial charge in [0.1, 0.15) is 6.04 Å². The lowest BCUT2D eigenvalue weighted by Gasteiger charge is -2.35. The van der Waals surface area contributed by atoms with Crippen molar-refractivity contribution in [3.8, 4) is 0 Å². The van der Waals surface area contributed by atoms with E-state index in [4.69, 9.17) is 4.74 Å². The van der Waals surface area contributed by atoms with Crippen LogP contribution in [-0.4, -0.2) is 69.1 Å². The van der Waals surface area contributed by atoms with Crippen molar-refractivity contribution in [1.82, 2.24) is 10.2 Å². The first-order chi connectivity index (χ1) is 13.3. The van der Waals surface area contributed by atoms with Gasteiger partial charge in [0, 0.05) is 11.3 Å². The molecule has 2 N–H and O–H groups in total. The zero-order valence-corrected chi connectivity index (χ0v) is 18.0. The molecule has 28 heavy (non-hydrogen) atoms. The quantitative estimate of drug-likeness (QED) is 0.461. The van der Waals surface area contributed by atoms with Gasteiger partial charge < -0.3 is 20.1 Å². The van der Waals surface area contributed by atoms with Crippen LogP contribution < -0.4 is 5.32 Å². The predicted molar refractivity (Wildman–Crippen MR) is 107 cm³/mol. The third kappa shape index (κ3) is 3.03. The Labute approximate surface area is 170 Å². The number of thioether (sulfide) groups is 1. The number of carbonyl (C=O) groups excluding carboxylic acids is 3. The lowest BCUT2D eigenvalue weighted by molar-refractivity contribution is -0.155. The zero-order valence-electron chi connectivity index (χ0n) is 17.2. The van der Waals surface area contributed by atoms with E-state index in [0.717, 1.165) is 19.3 Å². The normalized spacial score (nSPS) is 37.1. The van der Waals surface area contributed by atoms with E-state index >= 15 is 0 Å². The molecule has 3 fully saturated rings. The lowest BCUT2D eigenvalue weighted by Crippen LogP contribution is -2.56. The highest BCUT2D eigenvalue weighted by molar-refractivity contribution is 8.02. The Morgan fingerprint density at radius 2 is 2.11 bits per heavy atom. The summed E-state index contributed by atoms with van der Waals surface area (Å²) in [6.07, 6.45) is 3.31. The molecule has 3 saturated heterocycles. The Bertz CT molecular complexity index is 659. The lowest BCUT2D eigenvalue weighted by atomic mass is 9.66. The number of hydrogen-bond acceptors (Lipinski definition) is 6. The highest BCUT2D eigenvalue weighted by Crippen LogP contribution is 2.71. The van der Waals surface area contributed by atoms with Gasteiger partial charge in [-0.15, -0.1) is 11.8 Å². The van der Waals surface area contributed by atoms with Gasteiger partial charge in [-0.05, 0) is 40.0 Å². The first kappa shape index (κ1) is 21.4. The monoisotopic (exact) mass is 412 g/mol. The highest BCUT2D eigenvalue weighted by atomic mass is 32.2. The average molecular weight is 413 g/mol. The van der Waals surface area contributed by atoms with E-state index in [2.05, 4.69) is 12.2 Å². The van der Waals surface area contributed by atoms with Crippen LogP contribution in [0, 0.1) is 11.8 Å². The fraction of sp³-hybridized carbons (Fsp3) is 0.850. The molecule has 2 unspecified atom stereocenters. The Morgan fingerprint density at radius 1 is 1.39 bits per heavy atom. The number of aliphatic hydroxyl groups is 1. The standard InChI is InChI=1S/C20H32N2O5S/c1-5-7-10-21-16(24)15-20-9-8-19(4,28-20)14(18(26)27-6-2)13(20)17(25)22(15)12(3)11-23/h12-15,23H,5-11H2,1-4H3,(H,21,24)/t12-,13+,14+,15?,19-,20?/m1/s1. The Kier molecular flexibility index (Phi) is 6.01. The molecule has 1 spiro atoms. The SMILES string of the molecule is CCCCNC(=O)C1N([C@H](C)CO)C(=O)[C@@H]2[C@@H](C(=O)OCC)[C@@]3(C)CCC12S3. The first-order valence-electron chi connectivity index (χ1n) is 10.3. The molecule has 3 aliphatic heterocycles. The Balaban J connectivity index is 2.00. The number of rotatable bonds is 8. The molecule has 2 bridgehead atoms. The number of likely N-dealkylation sites (tertiary alicyclic amines) is 1. The minimum Gasteiger partial charge on any atom is -0.466 e. The van der Waals surface area contributed by atoms with Crippen LogP contribution in [0.1, 0.15) is 53.4 Å². The Morgan fingerprint density at radius 3 is 2.71 bits per heavy atom. The minimum atomic E-state index is -0.671. The molecule has 0 aromatic rings. The van der Waals surface area contributed by atoms with Crippen molar-refractivity contribution in [2.24, 2.45) is 11.8 Å². The van der Waals surface area contributed by atoms with Crippen molar-refractivity contribution >= 4 is 29.5 Å². The van der Waals surface area contributed by atoms with Gasteiger partial charge in [0.25, 0.3) is 0 Å². The molecular formula is C20H32N2O5S. The summed E-state index contributed by atoms with van der Waals surface area (Å²) in [6, 6.07) is -1.15. The second-order valence-electron chi connectivity index (χ2n) is 8.40. The number of carbonyl (C=O) groups is 3. The molecule has 3 rings (SSSR count). The van der Waals surface area contributed by atoms with Gasteiger partial charge in [-0.2, -0.15) is 0 Å². The van der Waals surface area contributed by atoms with Gasteiger partial charge in [0.05, 0.1) is 35.8 Å². The van der Waals surface area contributed by atoms with Crippen molar-refractivity contribution in [3.63, 3.8) is 0 Å². The van der Waals surface area contributed by atoms with Crippen LogP contribution >= 0.6 is 11.8 Å². The molecule has 0 aliphatic carbocycles. The molecule has 3 heterocycles. The van der Waals surface area contributed by atoms with Crippen molar-refractivity contribution in [2.75, 3.05) is 19.8 Å². The summed E-state index contributed by atoms with van der Waals surface area (Å²) in [5.74, 6) is -1.86. The molecule has 6 atom stereocenters. The molecule has 0 aromatic heterocycles. The molecule has 158 valence electrons. The van der Waals surface area contributed by atoms with Crippen molar-refractivity contribution in [1.29, 1.82) is 0 Å². The van der Waals surface area contributed by atoms with Crippen LogP contribution in [0.4, 0.5) is 0 Å². The minimum absolute atomic E-state index is 0.175. The predicted octanol–water partition coefficient (Wildman–Crippen LogP) is 1.33. The largest absolute Gasteiger partial charge is 0.466 e. The summed E-state index contributed by atoms with van der Waals surface area (Å²) in [5.41, 5.74) is 0. The second-order valence-corrected chi connectivity index (χ2v) is 10.3. The molecule has 0 radical (unpaired) electrons. The molecule has 3 aliphatic rings. The van der Waals surface area contributed by atoms with Gasteiger partial charge in [-0.3, -0.25) is 14.4 Å². The number of hydrogen-bond donors (Lipinski definition) is 2. The van der Waals surface area contributed by atoms with Crippen LogP contribution in [0.3, 0.4) is 0 Å². The van der Waals surface area contributed by atoms with Crippen LogP contribution in [0.25, 0.3) is 0 Å². The van der Waals surface area contributed by atoms with Crippen LogP contribution in [0.5, 0.6) is 0 Å². The number of nitrogens with zero attached hydrogens (tertiary/aromatic N) is 1. The van der Waals surface area contributed by atoms with E-state index in [0.29, 0.717) is 13.0 Å². The second kappa shape index (κ2) is 7.86. The third-order valence-corrected chi connectivity index (χ3v) is 8.56. The summed E-state index contributed by atoms with van der Waals surface area (Å²) in [5, 5.41) is 12.7. The number of amides is 2. The average Bonchev–Trinajstić information content (AvgIpc) is 3.22. The highest BCUT2D eigenvalue weighted by Gasteiger charge is 2.77. The number of ether oxygens (including phenoxy) is 1. The number of esters is 1. The van der Waals surface area contributed by atoms with Crippen LogP contribution in [-0.2, 0) is 19.1 Å². The maximum atomic E-state index is 13.5. The number of fused-ring (bicyclic) bond motifs is 1. The third-order valence-electron chi connectivity index (χ3n) is 6.57. The molecule has 2 amide bonds. The number of unbranched alkanes of at least 4 members (excludes halogenated alkanes) is 1. The van der Waals surface area contributed by atoms with Gasteiger partial charge in [-0.25, -0.2) is 0 Å². The fourth-order valence-electron chi connectivity index (χ4n) is 5.30. The fourth-order valence-corrected chi connectivity index (χ4v) is 7.63. The molecule has 0 saturated carbocycles. The summed E-state index contributed by atoms with van der Waals surface area (Å²) < 4.78 is 4.29. The van der Waals surface area contributed by atoms with Crippen molar-refractivity contribution in [3.05, 3.63) is 0 Å². The van der Waals surface area contributed by atoms with Crippen molar-refractivity contribution < 1.29 is 24.2 Å². The van der Waals surface area contributed by atoms with Crippen molar-refractivity contribution in [2.45, 2.75) is 75.0 Å². The molecule has 8 heteroatoms. The van der Waals surface area contributed by atoms with E-state index in [9.17, 15) is 19.5 Å². The van der Waals surface area contributed by atoms with Gasteiger partial charge in [0.15, 0.2) is 0 Å². The summed E-state index contributed by atoms with van der Waals surface area (Å²) in [7, 11) is 0. The topological polar surface area (TPSA) is 95.9 Å². The molecule has 7 nitrogen and oxygen atoms in total.